The maximum absolute atomic E-state index is 14.6. The van der Waals surface area contributed by atoms with Gasteiger partial charge in [0.15, 0.2) is 5.78 Å². The van der Waals surface area contributed by atoms with E-state index in [1.165, 1.54) is 25.3 Å². The highest BCUT2D eigenvalue weighted by Gasteiger charge is 2.38. The van der Waals surface area contributed by atoms with Gasteiger partial charge in [0.25, 0.3) is 5.56 Å². The monoisotopic (exact) mass is 760 g/mol. The molecule has 1 fully saturated rings. The van der Waals surface area contributed by atoms with E-state index in [-0.39, 0.29) is 48.6 Å². The van der Waals surface area contributed by atoms with Crippen molar-refractivity contribution in [2.24, 2.45) is 0 Å². The predicted molar refractivity (Wildman–Crippen MR) is 198 cm³/mol. The van der Waals surface area contributed by atoms with E-state index < -0.39 is 40.5 Å². The number of halogens is 5. The number of aromatic nitrogens is 2. The van der Waals surface area contributed by atoms with Crippen LogP contribution in [-0.2, 0) is 39.9 Å². The topological polar surface area (TPSA) is 93.5 Å². The summed E-state index contributed by atoms with van der Waals surface area (Å²) in [6, 6.07) is 20.9. The lowest BCUT2D eigenvalue weighted by Gasteiger charge is -2.41. The molecule has 1 saturated heterocycles. The Balaban J connectivity index is 1.31. The third-order valence-corrected chi connectivity index (χ3v) is 10.4. The van der Waals surface area contributed by atoms with Gasteiger partial charge in [0.2, 0.25) is 0 Å². The maximum atomic E-state index is 14.6. The van der Waals surface area contributed by atoms with Gasteiger partial charge in [-0.15, -0.1) is 0 Å². The van der Waals surface area contributed by atoms with Gasteiger partial charge < -0.3 is 14.6 Å². The minimum absolute atomic E-state index is 0.0876. The Hall–Kier alpha value is -5.27. The van der Waals surface area contributed by atoms with Crippen molar-refractivity contribution in [3.63, 3.8) is 0 Å². The zero-order valence-corrected chi connectivity index (χ0v) is 30.6. The Kier molecular flexibility index (Phi) is 11.6. The number of likely N-dealkylation sites (tertiary alicyclic amines) is 1. The van der Waals surface area contributed by atoms with E-state index in [0.717, 1.165) is 24.3 Å². The van der Waals surface area contributed by atoms with Crippen LogP contribution in [0.3, 0.4) is 0 Å². The molecular formula is C42H41F5N4O4. The number of rotatable bonds is 12. The van der Waals surface area contributed by atoms with Gasteiger partial charge in [0.05, 0.1) is 36.2 Å². The van der Waals surface area contributed by atoms with Gasteiger partial charge in [-0.25, -0.2) is 8.78 Å². The molecule has 13 heteroatoms. The van der Waals surface area contributed by atoms with Gasteiger partial charge in [-0.1, -0.05) is 54.6 Å². The lowest BCUT2D eigenvalue weighted by molar-refractivity contribution is -0.154. The van der Waals surface area contributed by atoms with Crippen LogP contribution in [0.5, 0.6) is 0 Å². The van der Waals surface area contributed by atoms with Crippen LogP contribution < -0.4 is 10.9 Å². The molecule has 1 aliphatic rings. The minimum atomic E-state index is -4.46. The van der Waals surface area contributed by atoms with Crippen LogP contribution in [0.25, 0.3) is 22.0 Å². The van der Waals surface area contributed by atoms with E-state index in [0.29, 0.717) is 53.5 Å². The van der Waals surface area contributed by atoms with Gasteiger partial charge >= 0.3 is 12.1 Å². The molecule has 0 bridgehead atoms. The number of ether oxygens (including phenoxy) is 1. The molecule has 55 heavy (non-hydrogen) atoms. The number of fused-ring (bicyclic) bond motifs is 1. The SMILES string of the molecule is COC(=O)C(C)(C)N1CCC(NC(C(=O)Cn2c(CCc3ccc(F)cc3F)nc(=O)c3ccccc32)c2ccc(-c3ccc(C(F)(F)F)cc3)cc2)CC1. The van der Waals surface area contributed by atoms with Gasteiger partial charge in [-0.05, 0) is 85.7 Å². The number of esters is 1. The summed E-state index contributed by atoms with van der Waals surface area (Å²) in [4.78, 5) is 46.6. The summed E-state index contributed by atoms with van der Waals surface area (Å²) in [6.45, 7) is 4.53. The first-order valence-corrected chi connectivity index (χ1v) is 18.0. The molecule has 288 valence electrons. The van der Waals surface area contributed by atoms with Gasteiger partial charge in [-0.2, -0.15) is 18.2 Å². The number of carbonyl (C=O) groups is 2. The van der Waals surface area contributed by atoms with E-state index in [4.69, 9.17) is 4.74 Å². The van der Waals surface area contributed by atoms with Crippen molar-refractivity contribution in [1.29, 1.82) is 0 Å². The third-order valence-electron chi connectivity index (χ3n) is 10.4. The molecule has 1 N–H and O–H groups in total. The Morgan fingerprint density at radius 2 is 1.53 bits per heavy atom. The Morgan fingerprint density at radius 1 is 0.891 bits per heavy atom. The number of nitrogens with one attached hydrogen (secondary N) is 1. The van der Waals surface area contributed by atoms with E-state index in [1.807, 2.05) is 18.7 Å². The van der Waals surface area contributed by atoms with E-state index in [2.05, 4.69) is 10.3 Å². The molecule has 0 saturated carbocycles. The molecule has 1 atom stereocenters. The quantitative estimate of drug-likeness (QED) is 0.104. The van der Waals surface area contributed by atoms with E-state index in [9.17, 15) is 36.3 Å². The van der Waals surface area contributed by atoms with Crippen molar-refractivity contribution in [2.45, 2.75) is 69.9 Å². The van der Waals surface area contributed by atoms with Crippen molar-refractivity contribution >= 4 is 22.7 Å². The second kappa shape index (κ2) is 16.2. The second-order valence-corrected chi connectivity index (χ2v) is 14.2. The molecule has 6 rings (SSSR count). The highest BCUT2D eigenvalue weighted by Crippen LogP contribution is 2.32. The van der Waals surface area contributed by atoms with Crippen molar-refractivity contribution in [3.05, 3.63) is 135 Å². The number of carbonyl (C=O) groups excluding carboxylic acids is 2. The number of hydrogen-bond donors (Lipinski definition) is 1. The fraction of sp³-hybridized carbons (Fsp3) is 0.333. The van der Waals surface area contributed by atoms with E-state index >= 15 is 0 Å². The number of aryl methyl sites for hydroxylation is 2. The summed E-state index contributed by atoms with van der Waals surface area (Å²) < 4.78 is 74.5. The molecular weight excluding hydrogens is 719 g/mol. The molecule has 1 aromatic heterocycles. The maximum Gasteiger partial charge on any atom is 0.416 e. The number of piperidine rings is 1. The minimum Gasteiger partial charge on any atom is -0.468 e. The highest BCUT2D eigenvalue weighted by atomic mass is 19.4. The summed E-state index contributed by atoms with van der Waals surface area (Å²) in [5.41, 5.74) is 0.466. The molecule has 1 unspecified atom stereocenters. The highest BCUT2D eigenvalue weighted by molar-refractivity contribution is 5.87. The van der Waals surface area contributed by atoms with Crippen molar-refractivity contribution < 1.29 is 36.3 Å². The van der Waals surface area contributed by atoms with E-state index in [1.54, 1.807) is 53.1 Å². The zero-order valence-electron chi connectivity index (χ0n) is 30.6. The summed E-state index contributed by atoms with van der Waals surface area (Å²) in [5, 5.41) is 3.85. The Bertz CT molecular complexity index is 2230. The standard InChI is InChI=1S/C42H41F5N4O4/c1-41(2,40(54)55-3)50-22-20-32(21-23-50)48-38(29-10-8-26(9-11-29)27-12-16-30(17-13-27)42(45,46)47)36(52)25-51-35-7-5-4-6-33(35)39(53)49-37(51)19-15-28-14-18-31(43)24-34(28)44/h4-14,16-18,24,32,38,48H,15,19-23,25H2,1-3H3. The number of benzene rings is 4. The first-order valence-electron chi connectivity index (χ1n) is 18.0. The van der Waals surface area contributed by atoms with Gasteiger partial charge in [0.1, 0.15) is 23.0 Å². The first-order chi connectivity index (χ1) is 26.1. The molecule has 0 radical (unpaired) electrons. The normalized spacial score (nSPS) is 14.9. The number of Topliss-reactive ketones (excluding diaryl/α,β-unsaturated/α-hetero) is 1. The average Bonchev–Trinajstić information content (AvgIpc) is 3.17. The molecule has 0 spiro atoms. The van der Waals surface area contributed by atoms with Crippen molar-refractivity contribution in [2.75, 3.05) is 20.2 Å². The molecule has 0 amide bonds. The number of alkyl halides is 3. The Labute approximate surface area is 315 Å². The summed E-state index contributed by atoms with van der Waals surface area (Å²) in [6.07, 6.45) is -3.05. The van der Waals surface area contributed by atoms with Crippen molar-refractivity contribution in [1.82, 2.24) is 19.8 Å². The fourth-order valence-electron chi connectivity index (χ4n) is 7.17. The lowest BCUT2D eigenvalue weighted by atomic mass is 9.93. The van der Waals surface area contributed by atoms with Gasteiger partial charge in [0, 0.05) is 31.6 Å². The second-order valence-electron chi connectivity index (χ2n) is 14.2. The third kappa shape index (κ3) is 8.84. The molecule has 1 aliphatic heterocycles. The summed E-state index contributed by atoms with van der Waals surface area (Å²) in [5.74, 6) is -1.79. The molecule has 8 nitrogen and oxygen atoms in total. The van der Waals surface area contributed by atoms with Crippen molar-refractivity contribution in [3.8, 4) is 11.1 Å². The number of ketones is 1. The van der Waals surface area contributed by atoms with Crippen LogP contribution in [-0.4, -0.2) is 58.0 Å². The number of para-hydroxylation sites is 1. The van der Waals surface area contributed by atoms with Crippen LogP contribution in [0.2, 0.25) is 0 Å². The average molecular weight is 761 g/mol. The van der Waals surface area contributed by atoms with Gasteiger partial charge in [-0.3, -0.25) is 19.3 Å². The summed E-state index contributed by atoms with van der Waals surface area (Å²) in [7, 11) is 1.35. The smallest absolute Gasteiger partial charge is 0.416 e. The van der Waals surface area contributed by atoms with Crippen LogP contribution in [0.1, 0.15) is 55.2 Å². The largest absolute Gasteiger partial charge is 0.468 e. The molecule has 0 aliphatic carbocycles. The summed E-state index contributed by atoms with van der Waals surface area (Å²) >= 11 is 0. The van der Waals surface area contributed by atoms with Crippen LogP contribution in [0.4, 0.5) is 22.0 Å². The fourth-order valence-corrected chi connectivity index (χ4v) is 7.17. The van der Waals surface area contributed by atoms with Crippen LogP contribution in [0, 0.1) is 11.6 Å². The number of hydrogen-bond acceptors (Lipinski definition) is 7. The molecule has 4 aromatic carbocycles. The Morgan fingerprint density at radius 3 is 2.15 bits per heavy atom. The lowest BCUT2D eigenvalue weighted by Crippen LogP contribution is -2.56. The first kappa shape index (κ1) is 39.4. The molecule has 5 aromatic rings. The zero-order chi connectivity index (χ0) is 39.5. The number of nitrogens with zero attached hydrogens (tertiary/aromatic N) is 3. The molecule has 2 heterocycles. The predicted octanol–water partition coefficient (Wildman–Crippen LogP) is 7.46. The van der Waals surface area contributed by atoms with Crippen LogP contribution in [0.15, 0.2) is 95.8 Å². The van der Waals surface area contributed by atoms with Crippen LogP contribution >= 0.6 is 0 Å². The number of methoxy groups -OCH3 is 1.